The molecule has 0 aliphatic heterocycles. The topological polar surface area (TPSA) is 88.9 Å². The molecule has 0 fully saturated rings. The van der Waals surface area contributed by atoms with E-state index in [2.05, 4.69) is 20.8 Å². The lowest BCUT2D eigenvalue weighted by Gasteiger charge is -2.22. The van der Waals surface area contributed by atoms with Gasteiger partial charge in [0.15, 0.2) is 11.0 Å². The van der Waals surface area contributed by atoms with Crippen molar-refractivity contribution < 1.29 is 9.59 Å². The summed E-state index contributed by atoms with van der Waals surface area (Å²) in [5, 5.41) is 15.7. The van der Waals surface area contributed by atoms with Gasteiger partial charge in [0.2, 0.25) is 5.91 Å². The van der Waals surface area contributed by atoms with Crippen molar-refractivity contribution in [1.29, 1.82) is 0 Å². The van der Waals surface area contributed by atoms with Crippen LogP contribution in [0.4, 0.5) is 5.69 Å². The number of aromatic nitrogens is 3. The summed E-state index contributed by atoms with van der Waals surface area (Å²) in [4.78, 5) is 25.2. The molecular weight excluding hydrogens is 481 g/mol. The summed E-state index contributed by atoms with van der Waals surface area (Å²) in [7, 11) is 1.81. The Balaban J connectivity index is 1.68. The quantitative estimate of drug-likeness (QED) is 0.406. The molecular formula is C23H25Cl2N5O2S. The van der Waals surface area contributed by atoms with Gasteiger partial charge in [0.1, 0.15) is 0 Å². The fraction of sp³-hybridized carbons (Fsp3) is 0.304. The molecule has 2 N–H and O–H groups in total. The highest BCUT2D eigenvalue weighted by molar-refractivity contribution is 7.99. The van der Waals surface area contributed by atoms with E-state index in [9.17, 15) is 9.59 Å². The number of aryl methyl sites for hydroxylation is 1. The Bertz CT molecular complexity index is 1170. The molecule has 7 nitrogen and oxygen atoms in total. The van der Waals surface area contributed by atoms with Gasteiger partial charge in [0.05, 0.1) is 22.4 Å². The van der Waals surface area contributed by atoms with Crippen LogP contribution in [0.1, 0.15) is 41.6 Å². The fourth-order valence-corrected chi connectivity index (χ4v) is 4.41. The van der Waals surface area contributed by atoms with Crippen LogP contribution in [-0.2, 0) is 11.8 Å². The van der Waals surface area contributed by atoms with Crippen molar-refractivity contribution >= 4 is 52.5 Å². The zero-order valence-corrected chi connectivity index (χ0v) is 21.1. The Labute approximate surface area is 207 Å². The van der Waals surface area contributed by atoms with Crippen LogP contribution >= 0.6 is 35.0 Å². The fourth-order valence-electron chi connectivity index (χ4n) is 3.19. The van der Waals surface area contributed by atoms with E-state index in [1.807, 2.05) is 52.1 Å². The van der Waals surface area contributed by atoms with Crippen molar-refractivity contribution in [3.8, 4) is 0 Å². The molecule has 33 heavy (non-hydrogen) atoms. The molecule has 0 aliphatic rings. The maximum absolute atomic E-state index is 12.8. The van der Waals surface area contributed by atoms with Gasteiger partial charge in [0, 0.05) is 17.8 Å². The third kappa shape index (κ3) is 6.50. The largest absolute Gasteiger partial charge is 0.342 e. The highest BCUT2D eigenvalue weighted by Crippen LogP contribution is 2.26. The van der Waals surface area contributed by atoms with E-state index in [0.717, 1.165) is 11.3 Å². The summed E-state index contributed by atoms with van der Waals surface area (Å²) >= 11 is 13.4. The lowest BCUT2D eigenvalue weighted by Crippen LogP contribution is -2.33. The maximum atomic E-state index is 12.8. The normalized spacial score (nSPS) is 12.0. The highest BCUT2D eigenvalue weighted by Gasteiger charge is 2.26. The first-order valence-electron chi connectivity index (χ1n) is 10.3. The van der Waals surface area contributed by atoms with Gasteiger partial charge in [-0.3, -0.25) is 9.59 Å². The van der Waals surface area contributed by atoms with E-state index >= 15 is 0 Å². The summed E-state index contributed by atoms with van der Waals surface area (Å²) in [5.41, 5.74) is 2.15. The van der Waals surface area contributed by atoms with Crippen LogP contribution in [0.2, 0.25) is 10.0 Å². The van der Waals surface area contributed by atoms with Crippen molar-refractivity contribution in [1.82, 2.24) is 20.1 Å². The van der Waals surface area contributed by atoms with E-state index < -0.39 is 6.04 Å². The molecule has 0 aliphatic carbocycles. The van der Waals surface area contributed by atoms with Gasteiger partial charge in [-0.05, 0) is 48.7 Å². The van der Waals surface area contributed by atoms with Crippen LogP contribution in [0.5, 0.6) is 0 Å². The molecule has 174 valence electrons. The Morgan fingerprint density at radius 1 is 1.12 bits per heavy atom. The van der Waals surface area contributed by atoms with E-state index in [0.29, 0.717) is 21.6 Å². The minimum absolute atomic E-state index is 0.0328. The highest BCUT2D eigenvalue weighted by atomic mass is 35.5. The molecule has 0 saturated heterocycles. The SMILES string of the molecule is Cc1cccc(NC(=O)CSc2nnc([C@H](NC(=O)c3ccc(Cl)cc3Cl)C(C)C)n2C)c1. The lowest BCUT2D eigenvalue weighted by molar-refractivity contribution is -0.113. The first-order valence-corrected chi connectivity index (χ1v) is 12.0. The number of thioether (sulfide) groups is 1. The standard InChI is InChI=1S/C23H25Cl2N5O2S/c1-13(2)20(27-22(32)17-9-8-15(24)11-18(17)25)21-28-29-23(30(21)4)33-12-19(31)26-16-7-5-6-14(3)10-16/h5-11,13,20H,12H2,1-4H3,(H,26,31)(H,27,32)/t20-/m1/s1. The van der Waals surface area contributed by atoms with Crippen LogP contribution < -0.4 is 10.6 Å². The third-order valence-corrected chi connectivity index (χ3v) is 6.48. The lowest BCUT2D eigenvalue weighted by atomic mass is 10.0. The zero-order chi connectivity index (χ0) is 24.1. The van der Waals surface area contributed by atoms with Gasteiger partial charge < -0.3 is 15.2 Å². The molecule has 0 saturated carbocycles. The minimum atomic E-state index is -0.405. The first-order chi connectivity index (χ1) is 15.7. The molecule has 10 heteroatoms. The van der Waals surface area contributed by atoms with Gasteiger partial charge in [0.25, 0.3) is 5.91 Å². The van der Waals surface area contributed by atoms with E-state index in [-0.39, 0.29) is 28.5 Å². The second-order valence-corrected chi connectivity index (χ2v) is 9.71. The Morgan fingerprint density at radius 2 is 1.88 bits per heavy atom. The number of carbonyl (C=O) groups excluding carboxylic acids is 2. The number of nitrogens with zero attached hydrogens (tertiary/aromatic N) is 3. The molecule has 0 spiro atoms. The van der Waals surface area contributed by atoms with Crippen molar-refractivity contribution in [2.24, 2.45) is 13.0 Å². The molecule has 2 aromatic carbocycles. The molecule has 2 amide bonds. The van der Waals surface area contributed by atoms with Crippen LogP contribution in [0, 0.1) is 12.8 Å². The average Bonchev–Trinajstić information content (AvgIpc) is 3.10. The number of hydrogen-bond donors (Lipinski definition) is 2. The predicted octanol–water partition coefficient (Wildman–Crippen LogP) is 5.29. The van der Waals surface area contributed by atoms with Crippen LogP contribution in [-0.4, -0.2) is 32.3 Å². The molecule has 0 bridgehead atoms. The Morgan fingerprint density at radius 3 is 2.55 bits per heavy atom. The third-order valence-electron chi connectivity index (χ3n) is 4.91. The summed E-state index contributed by atoms with van der Waals surface area (Å²) in [6.45, 7) is 5.92. The van der Waals surface area contributed by atoms with Gasteiger partial charge in [-0.2, -0.15) is 0 Å². The number of carbonyl (C=O) groups is 2. The first kappa shape index (κ1) is 25.1. The minimum Gasteiger partial charge on any atom is -0.342 e. The maximum Gasteiger partial charge on any atom is 0.253 e. The number of rotatable bonds is 8. The van der Waals surface area contributed by atoms with Crippen LogP contribution in [0.15, 0.2) is 47.6 Å². The van der Waals surface area contributed by atoms with Crippen molar-refractivity contribution in [2.75, 3.05) is 11.1 Å². The number of hydrogen-bond acceptors (Lipinski definition) is 5. The smallest absolute Gasteiger partial charge is 0.253 e. The molecule has 3 aromatic rings. The average molecular weight is 506 g/mol. The summed E-state index contributed by atoms with van der Waals surface area (Å²) in [5.74, 6) is 0.334. The Kier molecular flexibility index (Phi) is 8.40. The number of anilines is 1. The van der Waals surface area contributed by atoms with E-state index in [1.165, 1.54) is 17.8 Å². The number of nitrogens with one attached hydrogen (secondary N) is 2. The van der Waals surface area contributed by atoms with Crippen LogP contribution in [0.25, 0.3) is 0 Å². The van der Waals surface area contributed by atoms with Gasteiger partial charge >= 0.3 is 0 Å². The number of amides is 2. The van der Waals surface area contributed by atoms with Crippen molar-refractivity contribution in [3.05, 3.63) is 69.5 Å². The second-order valence-electron chi connectivity index (χ2n) is 7.93. The summed E-state index contributed by atoms with van der Waals surface area (Å²) in [6.07, 6.45) is 0. The summed E-state index contributed by atoms with van der Waals surface area (Å²) < 4.78 is 1.79. The number of halogens is 2. The molecule has 1 aromatic heterocycles. The van der Waals surface area contributed by atoms with E-state index in [4.69, 9.17) is 23.2 Å². The zero-order valence-electron chi connectivity index (χ0n) is 18.7. The van der Waals surface area contributed by atoms with Crippen molar-refractivity contribution in [3.63, 3.8) is 0 Å². The molecule has 1 atom stereocenters. The molecule has 0 unspecified atom stereocenters. The van der Waals surface area contributed by atoms with Crippen molar-refractivity contribution in [2.45, 2.75) is 32.0 Å². The summed E-state index contributed by atoms with van der Waals surface area (Å²) in [6, 6.07) is 11.9. The molecule has 3 rings (SSSR count). The molecule has 1 heterocycles. The molecule has 0 radical (unpaired) electrons. The van der Waals surface area contributed by atoms with Crippen LogP contribution in [0.3, 0.4) is 0 Å². The van der Waals surface area contributed by atoms with E-state index in [1.54, 1.807) is 16.7 Å². The van der Waals surface area contributed by atoms with Gasteiger partial charge in [-0.1, -0.05) is 60.9 Å². The van der Waals surface area contributed by atoms with Gasteiger partial charge in [-0.25, -0.2) is 0 Å². The monoisotopic (exact) mass is 505 g/mol. The van der Waals surface area contributed by atoms with Gasteiger partial charge in [-0.15, -0.1) is 10.2 Å². The second kappa shape index (κ2) is 11.0. The number of benzene rings is 2. The predicted molar refractivity (Wildman–Crippen MR) is 133 cm³/mol. The Hall–Kier alpha value is -2.55.